The molecular formula is C18H17BrN4OS. The summed E-state index contributed by atoms with van der Waals surface area (Å²) in [6.45, 7) is 5.96. The third-order valence-electron chi connectivity index (χ3n) is 4.03. The maximum atomic E-state index is 12.6. The number of tetrazole rings is 1. The van der Waals surface area contributed by atoms with Gasteiger partial charge in [-0.3, -0.25) is 4.79 Å². The van der Waals surface area contributed by atoms with Gasteiger partial charge in [-0.05, 0) is 60.5 Å². The minimum absolute atomic E-state index is 0.0491. The molecule has 1 unspecified atom stereocenters. The van der Waals surface area contributed by atoms with E-state index < -0.39 is 0 Å². The van der Waals surface area contributed by atoms with Crippen LogP contribution in [0.1, 0.15) is 28.4 Å². The first-order valence-corrected chi connectivity index (χ1v) is 9.46. The normalized spacial score (nSPS) is 12.2. The fraction of sp³-hybridized carbons (Fsp3) is 0.222. The highest BCUT2D eigenvalue weighted by Gasteiger charge is 2.21. The average molecular weight is 417 g/mol. The number of hydrogen-bond acceptors (Lipinski definition) is 5. The molecule has 0 aliphatic heterocycles. The molecule has 1 aromatic heterocycles. The Labute approximate surface area is 159 Å². The van der Waals surface area contributed by atoms with Crippen LogP contribution in [0.4, 0.5) is 0 Å². The minimum Gasteiger partial charge on any atom is -0.293 e. The molecule has 0 bridgehead atoms. The van der Waals surface area contributed by atoms with Gasteiger partial charge in [0.25, 0.3) is 0 Å². The van der Waals surface area contributed by atoms with Gasteiger partial charge < -0.3 is 0 Å². The number of aromatic nitrogens is 4. The fourth-order valence-electron chi connectivity index (χ4n) is 2.43. The highest BCUT2D eigenvalue weighted by molar-refractivity contribution is 9.10. The van der Waals surface area contributed by atoms with Crippen molar-refractivity contribution in [2.24, 2.45) is 0 Å². The number of carbonyl (C=O) groups excluding carboxylic acids is 1. The number of nitrogens with zero attached hydrogens (tertiary/aromatic N) is 4. The Morgan fingerprint density at radius 3 is 2.60 bits per heavy atom. The Hall–Kier alpha value is -1.99. The van der Waals surface area contributed by atoms with Crippen molar-refractivity contribution >= 4 is 33.5 Å². The predicted molar refractivity (Wildman–Crippen MR) is 102 cm³/mol. The van der Waals surface area contributed by atoms with Gasteiger partial charge in [-0.1, -0.05) is 52.0 Å². The molecule has 1 atom stereocenters. The number of thioether (sulfide) groups is 1. The zero-order valence-electron chi connectivity index (χ0n) is 14.1. The van der Waals surface area contributed by atoms with Crippen molar-refractivity contribution < 1.29 is 4.79 Å². The highest BCUT2D eigenvalue weighted by atomic mass is 79.9. The lowest BCUT2D eigenvalue weighted by molar-refractivity contribution is 0.0994. The van der Waals surface area contributed by atoms with Gasteiger partial charge in [0.05, 0.1) is 10.9 Å². The zero-order valence-corrected chi connectivity index (χ0v) is 16.5. The van der Waals surface area contributed by atoms with Crippen molar-refractivity contribution in [2.75, 3.05) is 0 Å². The molecule has 0 aliphatic rings. The maximum absolute atomic E-state index is 12.6. The number of aryl methyl sites for hydroxylation is 1. The molecule has 3 aromatic rings. The summed E-state index contributed by atoms with van der Waals surface area (Å²) in [4.78, 5) is 12.6. The second-order valence-corrected chi connectivity index (χ2v) is 7.95. The molecule has 0 saturated heterocycles. The van der Waals surface area contributed by atoms with Crippen LogP contribution in [0.5, 0.6) is 0 Å². The van der Waals surface area contributed by atoms with Crippen molar-refractivity contribution in [2.45, 2.75) is 31.2 Å². The van der Waals surface area contributed by atoms with Crippen LogP contribution in [0.25, 0.3) is 5.69 Å². The molecule has 128 valence electrons. The molecular weight excluding hydrogens is 400 g/mol. The molecule has 0 spiro atoms. The smallest absolute Gasteiger partial charge is 0.214 e. The number of Topliss-reactive ketones (excluding diaryl/α,β-unsaturated/α-hetero) is 1. The first kappa shape index (κ1) is 17.8. The van der Waals surface area contributed by atoms with Gasteiger partial charge in [-0.2, -0.15) is 4.68 Å². The summed E-state index contributed by atoms with van der Waals surface area (Å²) >= 11 is 4.74. The number of ketones is 1. The van der Waals surface area contributed by atoms with Gasteiger partial charge in [0.1, 0.15) is 0 Å². The number of rotatable bonds is 5. The van der Waals surface area contributed by atoms with Crippen LogP contribution in [0.3, 0.4) is 0 Å². The van der Waals surface area contributed by atoms with E-state index in [4.69, 9.17) is 0 Å². The van der Waals surface area contributed by atoms with E-state index in [9.17, 15) is 4.79 Å². The SMILES string of the molecule is Cc1cccc(-n2nnnc2SC(C)C(=O)c2ccc(Br)cc2)c1C. The molecule has 1 heterocycles. The summed E-state index contributed by atoms with van der Waals surface area (Å²) in [5.74, 6) is 0.0491. The second kappa shape index (κ2) is 7.49. The third kappa shape index (κ3) is 3.82. The van der Waals surface area contributed by atoms with E-state index in [1.807, 2.05) is 50.2 Å². The van der Waals surface area contributed by atoms with Gasteiger partial charge in [0, 0.05) is 10.0 Å². The first-order valence-electron chi connectivity index (χ1n) is 7.79. The first-order chi connectivity index (χ1) is 12.0. The summed E-state index contributed by atoms with van der Waals surface area (Å²) in [7, 11) is 0. The molecule has 7 heteroatoms. The van der Waals surface area contributed by atoms with Crippen LogP contribution in [0.15, 0.2) is 52.1 Å². The molecule has 0 saturated carbocycles. The standard InChI is InChI=1S/C18H17BrN4OS/c1-11-5-4-6-16(12(11)2)23-18(20-21-22-23)25-13(3)17(24)14-7-9-15(19)10-8-14/h4-10,13H,1-3H3. The van der Waals surface area contributed by atoms with Crippen molar-refractivity contribution in [3.63, 3.8) is 0 Å². The number of hydrogen-bond donors (Lipinski definition) is 0. The van der Waals surface area contributed by atoms with Gasteiger partial charge in [0.2, 0.25) is 5.16 Å². The summed E-state index contributed by atoms with van der Waals surface area (Å²) in [6, 6.07) is 13.4. The third-order valence-corrected chi connectivity index (χ3v) is 5.59. The maximum Gasteiger partial charge on any atom is 0.214 e. The fourth-order valence-corrected chi connectivity index (χ4v) is 3.57. The molecule has 0 fully saturated rings. The molecule has 5 nitrogen and oxygen atoms in total. The Kier molecular flexibility index (Phi) is 5.34. The Morgan fingerprint density at radius 1 is 1.16 bits per heavy atom. The van der Waals surface area contributed by atoms with E-state index in [1.54, 1.807) is 4.68 Å². The van der Waals surface area contributed by atoms with E-state index in [1.165, 1.54) is 17.3 Å². The monoisotopic (exact) mass is 416 g/mol. The van der Waals surface area contributed by atoms with Crippen molar-refractivity contribution in [1.29, 1.82) is 0 Å². The van der Waals surface area contributed by atoms with Crippen LogP contribution < -0.4 is 0 Å². The zero-order chi connectivity index (χ0) is 18.0. The molecule has 0 amide bonds. The molecule has 3 rings (SSSR count). The van der Waals surface area contributed by atoms with Gasteiger partial charge in [-0.25, -0.2) is 0 Å². The summed E-state index contributed by atoms with van der Waals surface area (Å²) in [6.07, 6.45) is 0. The minimum atomic E-state index is -0.295. The molecule has 0 aliphatic carbocycles. The van der Waals surface area contributed by atoms with Crippen LogP contribution in [0, 0.1) is 13.8 Å². The Balaban J connectivity index is 1.84. The highest BCUT2D eigenvalue weighted by Crippen LogP contribution is 2.27. The van der Waals surface area contributed by atoms with Crippen LogP contribution in [-0.4, -0.2) is 31.2 Å². The van der Waals surface area contributed by atoms with E-state index >= 15 is 0 Å². The molecule has 0 N–H and O–H groups in total. The summed E-state index contributed by atoms with van der Waals surface area (Å²) in [5.41, 5.74) is 3.89. The van der Waals surface area contributed by atoms with E-state index in [0.717, 1.165) is 15.7 Å². The van der Waals surface area contributed by atoms with Gasteiger partial charge in [0.15, 0.2) is 5.78 Å². The van der Waals surface area contributed by atoms with Crippen LogP contribution in [0.2, 0.25) is 0 Å². The summed E-state index contributed by atoms with van der Waals surface area (Å²) in [5, 5.41) is 12.3. The largest absolute Gasteiger partial charge is 0.293 e. The van der Waals surface area contributed by atoms with Gasteiger partial charge in [-0.15, -0.1) is 5.10 Å². The van der Waals surface area contributed by atoms with E-state index in [0.29, 0.717) is 10.7 Å². The number of carbonyl (C=O) groups is 1. The molecule has 25 heavy (non-hydrogen) atoms. The predicted octanol–water partition coefficient (Wildman–Crippen LogP) is 4.41. The second-order valence-electron chi connectivity index (χ2n) is 5.72. The lowest BCUT2D eigenvalue weighted by Crippen LogP contribution is -2.15. The lowest BCUT2D eigenvalue weighted by atomic mass is 10.1. The Bertz CT molecular complexity index is 908. The summed E-state index contributed by atoms with van der Waals surface area (Å²) < 4.78 is 2.64. The van der Waals surface area contributed by atoms with Crippen molar-refractivity contribution in [3.05, 3.63) is 63.6 Å². The molecule has 2 aromatic carbocycles. The van der Waals surface area contributed by atoms with E-state index in [2.05, 4.69) is 44.4 Å². The van der Waals surface area contributed by atoms with Crippen molar-refractivity contribution in [3.8, 4) is 5.69 Å². The van der Waals surface area contributed by atoms with Crippen molar-refractivity contribution in [1.82, 2.24) is 20.2 Å². The van der Waals surface area contributed by atoms with Gasteiger partial charge >= 0.3 is 0 Å². The lowest BCUT2D eigenvalue weighted by Gasteiger charge is -2.12. The number of benzene rings is 2. The van der Waals surface area contributed by atoms with E-state index in [-0.39, 0.29) is 11.0 Å². The average Bonchev–Trinajstić information content (AvgIpc) is 3.05. The quantitative estimate of drug-likeness (QED) is 0.455. The Morgan fingerprint density at radius 2 is 1.88 bits per heavy atom. The topological polar surface area (TPSA) is 60.7 Å². The van der Waals surface area contributed by atoms with Crippen LogP contribution >= 0.6 is 27.7 Å². The van der Waals surface area contributed by atoms with Crippen LogP contribution in [-0.2, 0) is 0 Å². The molecule has 0 radical (unpaired) electrons. The number of halogens is 1.